The number of imide groups is 1. The highest BCUT2D eigenvalue weighted by Crippen LogP contribution is 2.46. The minimum Gasteiger partial charge on any atom is -0.458 e. The number of aromatic nitrogens is 2. The molecule has 8 rings (SSSR count). The van der Waals surface area contributed by atoms with E-state index >= 15 is 4.39 Å². The van der Waals surface area contributed by atoms with E-state index in [2.05, 4.69) is 26.6 Å². The SMILES string of the molecule is CCC(CC)C1CC(=O)N(CCCCCC(=O)NCC(=O)NCC(=O)N[C@@H](Cc2ccccc2)C(=O)NCC(=O)N[C@H]2CCc3c(C)c(F)cc4nc5c(c2c34)Cn2c-5cc3c(c2=O)COC(=O)[C@]3(O)CC)C1=O. The van der Waals surface area contributed by atoms with Crippen LogP contribution in [0.25, 0.3) is 22.3 Å². The molecule has 1 saturated heterocycles. The summed E-state index contributed by atoms with van der Waals surface area (Å²) in [5, 5.41) is 25.3. The van der Waals surface area contributed by atoms with E-state index in [0.29, 0.717) is 88.8 Å². The van der Waals surface area contributed by atoms with Gasteiger partial charge in [0.15, 0.2) is 5.60 Å². The summed E-state index contributed by atoms with van der Waals surface area (Å²) in [4.78, 5) is 124. The average molecular weight is 1020 g/mol. The number of benzene rings is 2. The van der Waals surface area contributed by atoms with Crippen LogP contribution in [0.15, 0.2) is 47.3 Å². The Morgan fingerprint density at radius 3 is 2.32 bits per heavy atom. The number of nitrogens with zero attached hydrogens (tertiary/aromatic N) is 3. The molecule has 74 heavy (non-hydrogen) atoms. The number of carbonyl (C=O) groups excluding carboxylic acids is 8. The Bertz CT molecular complexity index is 2990. The molecule has 4 aliphatic rings. The summed E-state index contributed by atoms with van der Waals surface area (Å²) in [6.45, 7) is 5.94. The van der Waals surface area contributed by atoms with Crippen LogP contribution in [0, 0.1) is 24.6 Å². The fourth-order valence-corrected chi connectivity index (χ4v) is 10.9. The van der Waals surface area contributed by atoms with Gasteiger partial charge in [0.25, 0.3) is 5.56 Å². The summed E-state index contributed by atoms with van der Waals surface area (Å²) in [5.41, 5.74) is 1.79. The predicted molar refractivity (Wildman–Crippen MR) is 267 cm³/mol. The molecule has 392 valence electrons. The van der Waals surface area contributed by atoms with Gasteiger partial charge in [-0.2, -0.15) is 0 Å². The summed E-state index contributed by atoms with van der Waals surface area (Å²) in [6.07, 6.45) is 4.40. The second-order valence-corrected chi connectivity index (χ2v) is 19.6. The second kappa shape index (κ2) is 22.4. The second-order valence-electron chi connectivity index (χ2n) is 19.6. The maximum absolute atomic E-state index is 15.5. The van der Waals surface area contributed by atoms with Crippen molar-refractivity contribution < 1.29 is 52.6 Å². The Labute approximate surface area is 426 Å². The first-order valence-corrected chi connectivity index (χ1v) is 25.6. The zero-order valence-electron chi connectivity index (χ0n) is 42.1. The van der Waals surface area contributed by atoms with Gasteiger partial charge < -0.3 is 41.0 Å². The highest BCUT2D eigenvalue weighted by Gasteiger charge is 2.46. The van der Waals surface area contributed by atoms with Gasteiger partial charge >= 0.3 is 5.97 Å². The molecule has 0 saturated carbocycles. The Morgan fingerprint density at radius 2 is 1.59 bits per heavy atom. The molecular weight excluding hydrogens is 956 g/mol. The van der Waals surface area contributed by atoms with Crippen LogP contribution in [-0.4, -0.2) is 99.1 Å². The maximum atomic E-state index is 15.5. The smallest absolute Gasteiger partial charge is 0.343 e. The van der Waals surface area contributed by atoms with Crippen LogP contribution in [0.3, 0.4) is 0 Å². The molecule has 4 aromatic rings. The van der Waals surface area contributed by atoms with Gasteiger partial charge in [0.2, 0.25) is 41.4 Å². The van der Waals surface area contributed by atoms with E-state index in [1.165, 1.54) is 15.5 Å². The van der Waals surface area contributed by atoms with Crippen molar-refractivity contribution in [3.63, 3.8) is 0 Å². The van der Waals surface area contributed by atoms with E-state index in [4.69, 9.17) is 9.72 Å². The van der Waals surface area contributed by atoms with Crippen molar-refractivity contribution in [3.05, 3.63) is 97.6 Å². The number of pyridine rings is 2. The summed E-state index contributed by atoms with van der Waals surface area (Å²) < 4.78 is 22.2. The van der Waals surface area contributed by atoms with Crippen molar-refractivity contribution in [2.45, 2.75) is 129 Å². The fourth-order valence-electron chi connectivity index (χ4n) is 10.9. The molecule has 20 heteroatoms. The predicted octanol–water partition coefficient (Wildman–Crippen LogP) is 3.08. The molecule has 6 N–H and O–H groups in total. The van der Waals surface area contributed by atoms with E-state index in [0.717, 1.165) is 12.8 Å². The molecule has 3 aliphatic heterocycles. The maximum Gasteiger partial charge on any atom is 0.343 e. The number of amides is 7. The van der Waals surface area contributed by atoms with Crippen LogP contribution in [0.2, 0.25) is 0 Å². The van der Waals surface area contributed by atoms with Gasteiger partial charge in [0, 0.05) is 48.4 Å². The number of cyclic esters (lactones) is 1. The van der Waals surface area contributed by atoms with Gasteiger partial charge in [-0.25, -0.2) is 14.2 Å². The van der Waals surface area contributed by atoms with Crippen LogP contribution < -0.4 is 32.1 Å². The number of carbonyl (C=O) groups is 8. The third kappa shape index (κ3) is 10.7. The monoisotopic (exact) mass is 1020 g/mol. The molecule has 2 aromatic heterocycles. The Balaban J connectivity index is 0.861. The van der Waals surface area contributed by atoms with Crippen molar-refractivity contribution in [3.8, 4) is 11.4 Å². The molecule has 0 radical (unpaired) electrons. The zero-order chi connectivity index (χ0) is 53.0. The number of esters is 1. The number of aryl methyl sites for hydroxylation is 1. The summed E-state index contributed by atoms with van der Waals surface area (Å²) in [7, 11) is 0. The third-order valence-electron chi connectivity index (χ3n) is 15.1. The molecule has 1 unspecified atom stereocenters. The van der Waals surface area contributed by atoms with Crippen LogP contribution in [-0.2, 0) is 74.7 Å². The minimum atomic E-state index is -2.06. The van der Waals surface area contributed by atoms with Crippen LogP contribution in [0.4, 0.5) is 4.39 Å². The standard InChI is InChI=1S/C54H63FN8O11/c1-5-31(6-2)33-21-46(68)62(51(33)70)19-13-9-12-16-42(64)56-24-43(65)57-25-44(66)60-40(20-30-14-10-8-11-15-30)50(69)58-26-45(67)59-38-18-17-32-29(4)37(55)23-39-47(32)48(38)34-27-63-41(49(34)61-39)22-36-35(52(63)71)28-74-53(72)54(36,73)7-3/h8,10-11,14-15,22-23,31,33,38,40,73H,5-7,9,12-13,16-21,24-28H2,1-4H3,(H,56,64)(H,57,65)(H,58,69)(H,59,67)(H,60,66)/t33?,38-,40-,54-/m0/s1. The van der Waals surface area contributed by atoms with Crippen LogP contribution in [0.5, 0.6) is 0 Å². The Morgan fingerprint density at radius 1 is 0.878 bits per heavy atom. The van der Waals surface area contributed by atoms with Crippen LogP contribution in [0.1, 0.15) is 124 Å². The van der Waals surface area contributed by atoms with Crippen molar-refractivity contribution in [2.24, 2.45) is 11.8 Å². The summed E-state index contributed by atoms with van der Waals surface area (Å²) in [5.74, 6) is -4.66. The Hall–Kier alpha value is -7.35. The first kappa shape index (κ1) is 53.0. The van der Waals surface area contributed by atoms with Crippen molar-refractivity contribution in [1.29, 1.82) is 0 Å². The van der Waals surface area contributed by atoms with Crippen LogP contribution >= 0.6 is 0 Å². The molecule has 19 nitrogen and oxygen atoms in total. The Kier molecular flexibility index (Phi) is 16.0. The molecule has 5 heterocycles. The van der Waals surface area contributed by atoms with E-state index in [1.54, 1.807) is 50.2 Å². The highest BCUT2D eigenvalue weighted by molar-refractivity contribution is 6.03. The van der Waals surface area contributed by atoms with E-state index in [9.17, 15) is 48.3 Å². The molecule has 7 amide bonds. The molecular formula is C54H63FN8O11. The number of hydrogen-bond acceptors (Lipinski definition) is 12. The normalized spacial score (nSPS) is 18.9. The third-order valence-corrected chi connectivity index (χ3v) is 15.1. The van der Waals surface area contributed by atoms with E-state index in [-0.39, 0.29) is 79.5 Å². The number of ether oxygens (including phenoxy) is 1. The summed E-state index contributed by atoms with van der Waals surface area (Å²) in [6, 6.07) is 9.91. The number of unbranched alkanes of at least 4 members (excludes halogenated alkanes) is 2. The fraction of sp³-hybridized carbons (Fsp3) is 0.481. The molecule has 1 aliphatic carbocycles. The number of likely N-dealkylation sites (tertiary alicyclic amines) is 1. The van der Waals surface area contributed by atoms with Gasteiger partial charge in [-0.15, -0.1) is 0 Å². The van der Waals surface area contributed by atoms with Gasteiger partial charge in [-0.1, -0.05) is 70.4 Å². The minimum absolute atomic E-state index is 0.0396. The lowest BCUT2D eigenvalue weighted by Gasteiger charge is -2.31. The quantitative estimate of drug-likeness (QED) is 0.0352. The number of fused-ring (bicyclic) bond motifs is 5. The topological polar surface area (TPSA) is 264 Å². The van der Waals surface area contributed by atoms with Crippen molar-refractivity contribution >= 4 is 58.2 Å². The molecule has 0 bridgehead atoms. The average Bonchev–Trinajstić information content (AvgIpc) is 3.90. The zero-order valence-corrected chi connectivity index (χ0v) is 42.1. The van der Waals surface area contributed by atoms with E-state index < -0.39 is 78.3 Å². The van der Waals surface area contributed by atoms with Gasteiger partial charge in [-0.05, 0) is 73.3 Å². The van der Waals surface area contributed by atoms with Crippen molar-refractivity contribution in [2.75, 3.05) is 26.2 Å². The highest BCUT2D eigenvalue weighted by atomic mass is 19.1. The number of halogens is 1. The number of aliphatic hydroxyl groups is 1. The molecule has 4 atom stereocenters. The van der Waals surface area contributed by atoms with E-state index in [1.807, 2.05) is 13.8 Å². The first-order valence-electron chi connectivity index (χ1n) is 25.6. The van der Waals surface area contributed by atoms with Gasteiger partial charge in [0.1, 0.15) is 18.5 Å². The lowest BCUT2D eigenvalue weighted by Crippen LogP contribution is -2.52. The van der Waals surface area contributed by atoms with Gasteiger partial charge in [-0.3, -0.25) is 43.3 Å². The number of rotatable bonds is 21. The first-order chi connectivity index (χ1) is 35.5. The summed E-state index contributed by atoms with van der Waals surface area (Å²) >= 11 is 0. The largest absolute Gasteiger partial charge is 0.458 e. The van der Waals surface area contributed by atoms with Gasteiger partial charge in [0.05, 0.1) is 60.6 Å². The molecule has 0 spiro atoms. The molecule has 2 aromatic carbocycles. The number of hydrogen-bond donors (Lipinski definition) is 6. The van der Waals surface area contributed by atoms with Crippen molar-refractivity contribution in [1.82, 2.24) is 41.0 Å². The molecule has 1 fully saturated rings. The number of nitrogens with one attached hydrogen (secondary N) is 5. The lowest BCUT2D eigenvalue weighted by molar-refractivity contribution is -0.172. The lowest BCUT2D eigenvalue weighted by atomic mass is 9.81.